The van der Waals surface area contributed by atoms with E-state index in [2.05, 4.69) is 15.1 Å². The SMILES string of the molecule is Cc1cc(C(F)(F)F)c2c(=O)[nH]c([C@@H]3CCN(C(=O)c4c(C)noc4C)C3)cc2n1. The number of likely N-dealkylation sites (tertiary alicyclic amines) is 1. The van der Waals surface area contributed by atoms with Gasteiger partial charge in [0.15, 0.2) is 0 Å². The lowest BCUT2D eigenvalue weighted by atomic mass is 10.0. The fraction of sp³-hybridized carbons (Fsp3) is 0.400. The van der Waals surface area contributed by atoms with E-state index in [1.165, 1.54) is 13.0 Å². The first-order valence-electron chi connectivity index (χ1n) is 9.40. The quantitative estimate of drug-likeness (QED) is 0.685. The van der Waals surface area contributed by atoms with Crippen LogP contribution in [0.4, 0.5) is 13.2 Å². The summed E-state index contributed by atoms with van der Waals surface area (Å²) in [5, 5.41) is 3.32. The summed E-state index contributed by atoms with van der Waals surface area (Å²) in [7, 11) is 0. The molecule has 0 bridgehead atoms. The van der Waals surface area contributed by atoms with Crippen LogP contribution >= 0.6 is 0 Å². The van der Waals surface area contributed by atoms with Crippen molar-refractivity contribution < 1.29 is 22.5 Å². The van der Waals surface area contributed by atoms with E-state index in [-0.39, 0.29) is 23.0 Å². The van der Waals surface area contributed by atoms with Crippen molar-refractivity contribution >= 4 is 16.8 Å². The number of aromatic nitrogens is 3. The van der Waals surface area contributed by atoms with Crippen LogP contribution in [-0.4, -0.2) is 39.0 Å². The Morgan fingerprint density at radius 3 is 2.63 bits per heavy atom. The van der Waals surface area contributed by atoms with Crippen molar-refractivity contribution in [3.63, 3.8) is 0 Å². The van der Waals surface area contributed by atoms with Crippen LogP contribution in [0.15, 0.2) is 21.5 Å². The van der Waals surface area contributed by atoms with Crippen LogP contribution in [0.1, 0.15) is 51.1 Å². The summed E-state index contributed by atoms with van der Waals surface area (Å²) < 4.78 is 45.2. The van der Waals surface area contributed by atoms with Crippen molar-refractivity contribution in [2.24, 2.45) is 0 Å². The normalized spacial score (nSPS) is 17.1. The van der Waals surface area contributed by atoms with E-state index < -0.39 is 22.7 Å². The number of rotatable bonds is 2. The first-order valence-corrected chi connectivity index (χ1v) is 9.40. The number of pyridine rings is 2. The monoisotopic (exact) mass is 420 g/mol. The molecule has 1 aliphatic heterocycles. The zero-order valence-electron chi connectivity index (χ0n) is 16.6. The molecule has 1 saturated heterocycles. The van der Waals surface area contributed by atoms with Gasteiger partial charge in [0.1, 0.15) is 11.3 Å². The summed E-state index contributed by atoms with van der Waals surface area (Å²) in [5.74, 6) is -0.00666. The topological polar surface area (TPSA) is 92.1 Å². The lowest BCUT2D eigenvalue weighted by molar-refractivity contribution is -0.136. The number of aromatic amines is 1. The predicted octanol–water partition coefficient (Wildman–Crippen LogP) is 3.48. The number of aryl methyl sites for hydroxylation is 3. The summed E-state index contributed by atoms with van der Waals surface area (Å²) >= 11 is 0. The van der Waals surface area contributed by atoms with Crippen LogP contribution < -0.4 is 5.56 Å². The van der Waals surface area contributed by atoms with Gasteiger partial charge in [-0.3, -0.25) is 14.6 Å². The number of carbonyl (C=O) groups is 1. The van der Waals surface area contributed by atoms with Crippen LogP contribution in [0, 0.1) is 20.8 Å². The van der Waals surface area contributed by atoms with E-state index in [9.17, 15) is 22.8 Å². The number of nitrogens with zero attached hydrogens (tertiary/aromatic N) is 3. The molecule has 10 heteroatoms. The van der Waals surface area contributed by atoms with Crippen molar-refractivity contribution in [2.45, 2.75) is 39.3 Å². The van der Waals surface area contributed by atoms with Gasteiger partial charge >= 0.3 is 6.18 Å². The lowest BCUT2D eigenvalue weighted by Gasteiger charge is -2.17. The second-order valence-electron chi connectivity index (χ2n) is 7.56. The zero-order valence-corrected chi connectivity index (χ0v) is 16.6. The summed E-state index contributed by atoms with van der Waals surface area (Å²) in [4.78, 5) is 33.7. The highest BCUT2D eigenvalue weighted by atomic mass is 19.4. The van der Waals surface area contributed by atoms with Gasteiger partial charge in [0.25, 0.3) is 11.5 Å². The number of alkyl halides is 3. The van der Waals surface area contributed by atoms with Gasteiger partial charge in [-0.05, 0) is 39.3 Å². The Morgan fingerprint density at radius 2 is 2.00 bits per heavy atom. The maximum Gasteiger partial charge on any atom is 0.417 e. The van der Waals surface area contributed by atoms with Crippen molar-refractivity contribution in [1.29, 1.82) is 0 Å². The van der Waals surface area contributed by atoms with Crippen molar-refractivity contribution in [3.05, 3.63) is 56.5 Å². The fourth-order valence-corrected chi connectivity index (χ4v) is 4.01. The molecule has 1 atom stereocenters. The van der Waals surface area contributed by atoms with E-state index in [1.54, 1.807) is 18.7 Å². The van der Waals surface area contributed by atoms with E-state index in [0.29, 0.717) is 42.2 Å². The zero-order chi connectivity index (χ0) is 21.8. The lowest BCUT2D eigenvalue weighted by Crippen LogP contribution is -2.29. The molecule has 1 aliphatic rings. The Balaban J connectivity index is 1.68. The first kappa shape index (κ1) is 20.1. The molecule has 0 aliphatic carbocycles. The summed E-state index contributed by atoms with van der Waals surface area (Å²) in [5.41, 5.74) is -0.288. The van der Waals surface area contributed by atoms with Crippen LogP contribution in [0.2, 0.25) is 0 Å². The molecule has 0 spiro atoms. The molecule has 1 amide bonds. The average Bonchev–Trinajstić information content (AvgIpc) is 3.26. The number of hydrogen-bond donors (Lipinski definition) is 1. The highest BCUT2D eigenvalue weighted by molar-refractivity contribution is 5.96. The molecule has 4 heterocycles. The van der Waals surface area contributed by atoms with Crippen LogP contribution in [0.5, 0.6) is 0 Å². The number of amides is 1. The minimum Gasteiger partial charge on any atom is -0.361 e. The van der Waals surface area contributed by atoms with Gasteiger partial charge in [-0.15, -0.1) is 0 Å². The molecule has 3 aromatic heterocycles. The number of H-pyrrole nitrogens is 1. The molecule has 3 aromatic rings. The van der Waals surface area contributed by atoms with Crippen molar-refractivity contribution in [3.8, 4) is 0 Å². The number of carbonyl (C=O) groups excluding carboxylic acids is 1. The Bertz CT molecular complexity index is 1190. The maximum absolute atomic E-state index is 13.4. The van der Waals surface area contributed by atoms with Crippen LogP contribution in [-0.2, 0) is 6.18 Å². The summed E-state index contributed by atoms with van der Waals surface area (Å²) in [6.45, 7) is 5.57. The van der Waals surface area contributed by atoms with E-state index in [0.717, 1.165) is 6.07 Å². The molecule has 0 unspecified atom stereocenters. The van der Waals surface area contributed by atoms with E-state index in [4.69, 9.17) is 4.52 Å². The molecule has 1 N–H and O–H groups in total. The van der Waals surface area contributed by atoms with Gasteiger partial charge in [-0.25, -0.2) is 0 Å². The molecular weight excluding hydrogens is 401 g/mol. The average molecular weight is 420 g/mol. The molecule has 158 valence electrons. The largest absolute Gasteiger partial charge is 0.417 e. The summed E-state index contributed by atoms with van der Waals surface area (Å²) in [6.07, 6.45) is -4.10. The van der Waals surface area contributed by atoms with Gasteiger partial charge in [-0.2, -0.15) is 13.2 Å². The number of hydrogen-bond acceptors (Lipinski definition) is 5. The van der Waals surface area contributed by atoms with Gasteiger partial charge < -0.3 is 14.4 Å². The molecule has 30 heavy (non-hydrogen) atoms. The van der Waals surface area contributed by atoms with Gasteiger partial charge in [-0.1, -0.05) is 5.16 Å². The molecule has 7 nitrogen and oxygen atoms in total. The summed E-state index contributed by atoms with van der Waals surface area (Å²) in [6, 6.07) is 2.35. The Hall–Kier alpha value is -3.17. The number of fused-ring (bicyclic) bond motifs is 1. The third kappa shape index (κ3) is 3.35. The van der Waals surface area contributed by atoms with Gasteiger partial charge in [0.05, 0.1) is 22.2 Å². The fourth-order valence-electron chi connectivity index (χ4n) is 4.01. The minimum atomic E-state index is -4.66. The standard InChI is InChI=1S/C20H19F3N4O3/c1-9-6-13(20(21,22)23)17-15(24-9)7-14(25-18(17)28)12-4-5-27(8-12)19(29)16-10(2)26-30-11(16)3/h6-7,12H,4-5,8H2,1-3H3,(H,25,28)/t12-/m1/s1. The smallest absolute Gasteiger partial charge is 0.361 e. The molecule has 1 fully saturated rings. The highest BCUT2D eigenvalue weighted by Crippen LogP contribution is 2.34. The molecule has 0 radical (unpaired) electrons. The third-order valence-corrected chi connectivity index (χ3v) is 5.42. The van der Waals surface area contributed by atoms with Gasteiger partial charge in [0.2, 0.25) is 0 Å². The maximum atomic E-state index is 13.4. The predicted molar refractivity (Wildman–Crippen MR) is 101 cm³/mol. The Morgan fingerprint density at radius 1 is 1.27 bits per heavy atom. The highest BCUT2D eigenvalue weighted by Gasteiger charge is 2.36. The van der Waals surface area contributed by atoms with E-state index >= 15 is 0 Å². The molecular formula is C20H19F3N4O3. The van der Waals surface area contributed by atoms with Crippen molar-refractivity contribution in [2.75, 3.05) is 13.1 Å². The Kier molecular flexibility index (Phi) is 4.67. The molecule has 0 saturated carbocycles. The number of halogens is 3. The van der Waals surface area contributed by atoms with Crippen molar-refractivity contribution in [1.82, 2.24) is 20.0 Å². The number of nitrogens with one attached hydrogen (secondary N) is 1. The van der Waals surface area contributed by atoms with E-state index in [1.807, 2.05) is 0 Å². The minimum absolute atomic E-state index is 0.00317. The second kappa shape index (κ2) is 6.96. The molecule has 0 aromatic carbocycles. The Labute approximate surface area is 168 Å². The van der Waals surface area contributed by atoms with Crippen LogP contribution in [0.25, 0.3) is 10.9 Å². The first-order chi connectivity index (χ1) is 14.1. The second-order valence-corrected chi connectivity index (χ2v) is 7.56. The van der Waals surface area contributed by atoms with Gasteiger partial charge in [0, 0.05) is 30.4 Å². The third-order valence-electron chi connectivity index (χ3n) is 5.42. The molecule has 4 rings (SSSR count). The van der Waals surface area contributed by atoms with Crippen LogP contribution in [0.3, 0.4) is 0 Å².